The summed E-state index contributed by atoms with van der Waals surface area (Å²) in [7, 11) is 0. The Balaban J connectivity index is 2.39. The molecule has 0 aliphatic heterocycles. The molecule has 23 heavy (non-hydrogen) atoms. The Morgan fingerprint density at radius 2 is 2.09 bits per heavy atom. The smallest absolute Gasteiger partial charge is 0.327 e. The number of hydrogen-bond acceptors (Lipinski definition) is 4. The number of aromatic nitrogens is 4. The summed E-state index contributed by atoms with van der Waals surface area (Å²) in [6.45, 7) is 3.69. The molecule has 0 fully saturated rings. The van der Waals surface area contributed by atoms with Gasteiger partial charge in [0.25, 0.3) is 5.91 Å². The number of fused-ring (bicyclic) bond motifs is 1. The molecule has 3 aromatic rings. The summed E-state index contributed by atoms with van der Waals surface area (Å²) in [5.41, 5.74) is 6.22. The van der Waals surface area contributed by atoms with Crippen LogP contribution in [0, 0.1) is 0 Å². The van der Waals surface area contributed by atoms with Gasteiger partial charge in [-0.1, -0.05) is 23.7 Å². The van der Waals surface area contributed by atoms with E-state index in [1.54, 1.807) is 24.3 Å². The Hall–Kier alpha value is -2.67. The van der Waals surface area contributed by atoms with Crippen molar-refractivity contribution in [2.24, 2.45) is 5.73 Å². The summed E-state index contributed by atoms with van der Waals surface area (Å²) in [4.78, 5) is 35.1. The van der Waals surface area contributed by atoms with Gasteiger partial charge in [-0.05, 0) is 26.0 Å². The molecular formula is C15H14ClN5O2. The van der Waals surface area contributed by atoms with Crippen LogP contribution in [-0.2, 0) is 0 Å². The second-order valence-corrected chi connectivity index (χ2v) is 5.80. The highest BCUT2D eigenvalue weighted by molar-refractivity contribution is 6.30. The maximum Gasteiger partial charge on any atom is 0.327 e. The number of H-pyrrole nitrogens is 1. The number of hydrogen-bond donors (Lipinski definition) is 2. The van der Waals surface area contributed by atoms with Gasteiger partial charge >= 0.3 is 5.69 Å². The van der Waals surface area contributed by atoms with Crippen LogP contribution in [0.1, 0.15) is 30.4 Å². The monoisotopic (exact) mass is 331 g/mol. The second-order valence-electron chi connectivity index (χ2n) is 5.36. The number of aromatic amines is 1. The molecule has 0 radical (unpaired) electrons. The Labute approximate surface area is 136 Å². The highest BCUT2D eigenvalue weighted by atomic mass is 35.5. The molecule has 1 aromatic carbocycles. The SMILES string of the molecule is CC(C)n1c(=O)[nH]c2c(C(N)=O)nc(-c3cccc(Cl)c3)nc21. The summed E-state index contributed by atoms with van der Waals surface area (Å²) in [5.74, 6) is -0.458. The minimum atomic E-state index is -0.738. The maximum absolute atomic E-state index is 12.1. The van der Waals surface area contributed by atoms with Crippen LogP contribution in [0.5, 0.6) is 0 Å². The number of rotatable bonds is 3. The van der Waals surface area contributed by atoms with E-state index in [0.717, 1.165) is 0 Å². The molecule has 2 aromatic heterocycles. The fourth-order valence-electron chi connectivity index (χ4n) is 2.42. The van der Waals surface area contributed by atoms with Crippen molar-refractivity contribution in [3.05, 3.63) is 45.5 Å². The zero-order valence-electron chi connectivity index (χ0n) is 12.5. The van der Waals surface area contributed by atoms with Crippen LogP contribution in [-0.4, -0.2) is 25.4 Å². The van der Waals surface area contributed by atoms with Gasteiger partial charge in [0.1, 0.15) is 5.52 Å². The lowest BCUT2D eigenvalue weighted by atomic mass is 10.2. The Morgan fingerprint density at radius 3 is 2.70 bits per heavy atom. The van der Waals surface area contributed by atoms with Crippen LogP contribution in [0.25, 0.3) is 22.6 Å². The van der Waals surface area contributed by atoms with Crippen molar-refractivity contribution in [3.63, 3.8) is 0 Å². The van der Waals surface area contributed by atoms with Crippen molar-refractivity contribution in [2.75, 3.05) is 0 Å². The summed E-state index contributed by atoms with van der Waals surface area (Å²) >= 11 is 5.99. The second kappa shape index (κ2) is 5.51. The first-order valence-corrected chi connectivity index (χ1v) is 7.34. The fraction of sp³-hybridized carbons (Fsp3) is 0.200. The van der Waals surface area contributed by atoms with E-state index in [-0.39, 0.29) is 28.8 Å². The number of nitrogens with one attached hydrogen (secondary N) is 1. The number of halogens is 1. The van der Waals surface area contributed by atoms with E-state index < -0.39 is 5.91 Å². The summed E-state index contributed by atoms with van der Waals surface area (Å²) in [6, 6.07) is 6.78. The van der Waals surface area contributed by atoms with Gasteiger partial charge < -0.3 is 10.7 Å². The molecule has 0 aliphatic carbocycles. The lowest BCUT2D eigenvalue weighted by Crippen LogP contribution is -2.18. The molecule has 0 unspecified atom stereocenters. The lowest BCUT2D eigenvalue weighted by molar-refractivity contribution is 0.0997. The fourth-order valence-corrected chi connectivity index (χ4v) is 2.61. The Kier molecular flexibility index (Phi) is 3.65. The van der Waals surface area contributed by atoms with E-state index in [4.69, 9.17) is 17.3 Å². The van der Waals surface area contributed by atoms with Crippen molar-refractivity contribution in [1.29, 1.82) is 0 Å². The van der Waals surface area contributed by atoms with Crippen LogP contribution >= 0.6 is 11.6 Å². The Bertz CT molecular complexity index is 974. The topological polar surface area (TPSA) is 107 Å². The number of primary amides is 1. The Morgan fingerprint density at radius 1 is 1.35 bits per heavy atom. The van der Waals surface area contributed by atoms with E-state index in [2.05, 4.69) is 15.0 Å². The van der Waals surface area contributed by atoms with Gasteiger partial charge in [-0.25, -0.2) is 14.8 Å². The highest BCUT2D eigenvalue weighted by Gasteiger charge is 2.20. The van der Waals surface area contributed by atoms with Crippen molar-refractivity contribution >= 4 is 28.7 Å². The predicted octanol–water partition coefficient (Wildman–Crippen LogP) is 2.12. The third-order valence-electron chi connectivity index (χ3n) is 3.40. The van der Waals surface area contributed by atoms with Crippen molar-refractivity contribution in [3.8, 4) is 11.4 Å². The van der Waals surface area contributed by atoms with Crippen LogP contribution in [0.4, 0.5) is 0 Å². The van der Waals surface area contributed by atoms with Crippen molar-refractivity contribution in [2.45, 2.75) is 19.9 Å². The van der Waals surface area contributed by atoms with E-state index in [1.807, 2.05) is 13.8 Å². The number of benzene rings is 1. The summed E-state index contributed by atoms with van der Waals surface area (Å²) < 4.78 is 1.46. The average Bonchev–Trinajstić information content (AvgIpc) is 2.81. The molecule has 2 heterocycles. The number of carbonyl (C=O) groups is 1. The first-order chi connectivity index (χ1) is 10.9. The average molecular weight is 332 g/mol. The first kappa shape index (κ1) is 15.2. The van der Waals surface area contributed by atoms with Gasteiger partial charge in [-0.3, -0.25) is 9.36 Å². The van der Waals surface area contributed by atoms with Gasteiger partial charge in [-0.15, -0.1) is 0 Å². The molecule has 0 spiro atoms. The molecule has 0 saturated carbocycles. The lowest BCUT2D eigenvalue weighted by Gasteiger charge is -2.08. The van der Waals surface area contributed by atoms with E-state index in [1.165, 1.54) is 4.57 Å². The van der Waals surface area contributed by atoms with Crippen LogP contribution in [0.3, 0.4) is 0 Å². The molecular weight excluding hydrogens is 318 g/mol. The quantitative estimate of drug-likeness (QED) is 0.766. The third-order valence-corrected chi connectivity index (χ3v) is 3.64. The van der Waals surface area contributed by atoms with E-state index in [9.17, 15) is 9.59 Å². The van der Waals surface area contributed by atoms with E-state index >= 15 is 0 Å². The molecule has 0 bridgehead atoms. The van der Waals surface area contributed by atoms with Gasteiger partial charge in [0.05, 0.1) is 0 Å². The van der Waals surface area contributed by atoms with E-state index in [0.29, 0.717) is 16.2 Å². The first-order valence-electron chi connectivity index (χ1n) is 6.96. The van der Waals surface area contributed by atoms with Crippen LogP contribution in [0.15, 0.2) is 29.1 Å². The molecule has 118 valence electrons. The van der Waals surface area contributed by atoms with Gasteiger partial charge in [-0.2, -0.15) is 0 Å². The van der Waals surface area contributed by atoms with Gasteiger partial charge in [0, 0.05) is 16.6 Å². The molecule has 0 aliphatic rings. The number of carbonyl (C=O) groups excluding carboxylic acids is 1. The third kappa shape index (κ3) is 2.59. The minimum absolute atomic E-state index is 0.0264. The predicted molar refractivity (Wildman–Crippen MR) is 87.5 cm³/mol. The van der Waals surface area contributed by atoms with Crippen molar-refractivity contribution < 1.29 is 4.79 Å². The zero-order chi connectivity index (χ0) is 16.7. The summed E-state index contributed by atoms with van der Waals surface area (Å²) in [5, 5.41) is 0.516. The normalized spacial score (nSPS) is 11.3. The minimum Gasteiger partial charge on any atom is -0.364 e. The molecule has 8 heteroatoms. The van der Waals surface area contributed by atoms with Crippen LogP contribution in [0.2, 0.25) is 5.02 Å². The molecule has 7 nitrogen and oxygen atoms in total. The van der Waals surface area contributed by atoms with Crippen LogP contribution < -0.4 is 11.4 Å². The maximum atomic E-state index is 12.1. The number of imidazole rings is 1. The largest absolute Gasteiger partial charge is 0.364 e. The number of amides is 1. The molecule has 0 atom stereocenters. The highest BCUT2D eigenvalue weighted by Crippen LogP contribution is 2.23. The van der Waals surface area contributed by atoms with Crippen molar-refractivity contribution in [1.82, 2.24) is 19.5 Å². The van der Waals surface area contributed by atoms with Gasteiger partial charge in [0.15, 0.2) is 17.2 Å². The summed E-state index contributed by atoms with van der Waals surface area (Å²) in [6.07, 6.45) is 0. The molecule has 1 amide bonds. The number of nitrogens with two attached hydrogens (primary N) is 1. The van der Waals surface area contributed by atoms with Gasteiger partial charge in [0.2, 0.25) is 0 Å². The zero-order valence-corrected chi connectivity index (χ0v) is 13.3. The molecule has 3 N–H and O–H groups in total. The molecule has 0 saturated heterocycles. The molecule has 3 rings (SSSR count). The standard InChI is InChI=1S/C15H14ClN5O2/c1-7(2)21-14-11(19-15(21)23)10(12(17)22)18-13(20-14)8-4-3-5-9(16)6-8/h3-7H,1-2H3,(H2,17,22)(H,19,23). The number of nitrogens with zero attached hydrogens (tertiary/aromatic N) is 3.